The van der Waals surface area contributed by atoms with Crippen LogP contribution in [-0.2, 0) is 0 Å². The van der Waals surface area contributed by atoms with Crippen LogP contribution in [0.15, 0.2) is 60.8 Å². The highest BCUT2D eigenvalue weighted by atomic mass is 16.1. The Morgan fingerprint density at radius 2 is 1.69 bits per heavy atom. The molecule has 2 heterocycles. The van der Waals surface area contributed by atoms with Crippen LogP contribution in [0, 0.1) is 6.92 Å². The summed E-state index contributed by atoms with van der Waals surface area (Å²) in [6, 6.07) is 17.8. The van der Waals surface area contributed by atoms with E-state index in [1.807, 2.05) is 55.5 Å². The largest absolute Gasteiger partial charge is 0.370 e. The summed E-state index contributed by atoms with van der Waals surface area (Å²) in [6.07, 6.45) is 4.03. The third kappa shape index (κ3) is 3.08. The molecule has 5 nitrogen and oxygen atoms in total. The van der Waals surface area contributed by atoms with E-state index in [0.29, 0.717) is 5.56 Å². The van der Waals surface area contributed by atoms with Crippen LogP contribution >= 0.6 is 0 Å². The van der Waals surface area contributed by atoms with Gasteiger partial charge in [0, 0.05) is 13.1 Å². The normalized spacial score (nSPS) is 13.8. The average molecular weight is 346 g/mol. The van der Waals surface area contributed by atoms with Crippen LogP contribution in [0.3, 0.4) is 0 Å². The third-order valence-electron chi connectivity index (χ3n) is 4.85. The minimum Gasteiger partial charge on any atom is -0.370 e. The van der Waals surface area contributed by atoms with Gasteiger partial charge in [0.2, 0.25) is 0 Å². The van der Waals surface area contributed by atoms with Gasteiger partial charge >= 0.3 is 0 Å². The fourth-order valence-electron chi connectivity index (χ4n) is 3.46. The number of nitrogens with zero attached hydrogens (tertiary/aromatic N) is 3. The maximum absolute atomic E-state index is 12.9. The van der Waals surface area contributed by atoms with Crippen molar-refractivity contribution in [2.24, 2.45) is 0 Å². The van der Waals surface area contributed by atoms with E-state index in [4.69, 9.17) is 0 Å². The van der Waals surface area contributed by atoms with Crippen LogP contribution < -0.4 is 10.2 Å². The molecule has 1 aliphatic rings. The number of benzene rings is 2. The second kappa shape index (κ2) is 7.04. The lowest BCUT2D eigenvalue weighted by atomic mass is 10.2. The molecule has 4 rings (SSSR count). The molecule has 0 spiro atoms. The van der Waals surface area contributed by atoms with Crippen molar-refractivity contribution in [3.05, 3.63) is 72.1 Å². The number of nitrogens with one attached hydrogen (secondary N) is 1. The van der Waals surface area contributed by atoms with Crippen LogP contribution in [0.1, 0.15) is 28.9 Å². The number of aromatic nitrogens is 2. The molecule has 1 saturated heterocycles. The topological polar surface area (TPSA) is 50.2 Å². The van der Waals surface area contributed by atoms with Crippen LogP contribution in [0.2, 0.25) is 0 Å². The van der Waals surface area contributed by atoms with Crippen molar-refractivity contribution in [1.29, 1.82) is 0 Å². The van der Waals surface area contributed by atoms with Crippen LogP contribution in [0.25, 0.3) is 5.69 Å². The lowest BCUT2D eigenvalue weighted by Crippen LogP contribution is -2.21. The van der Waals surface area contributed by atoms with E-state index >= 15 is 0 Å². The molecule has 1 aliphatic heterocycles. The Bertz CT molecular complexity index is 911. The summed E-state index contributed by atoms with van der Waals surface area (Å²) in [7, 11) is 0. The van der Waals surface area contributed by atoms with Gasteiger partial charge in [0.25, 0.3) is 5.91 Å². The first-order chi connectivity index (χ1) is 12.7. The minimum atomic E-state index is -0.128. The molecule has 5 heteroatoms. The summed E-state index contributed by atoms with van der Waals surface area (Å²) in [5.74, 6) is -0.128. The molecule has 0 unspecified atom stereocenters. The number of carbonyl (C=O) groups is 1. The van der Waals surface area contributed by atoms with Gasteiger partial charge in [-0.15, -0.1) is 0 Å². The van der Waals surface area contributed by atoms with Crippen molar-refractivity contribution in [2.45, 2.75) is 19.8 Å². The first-order valence-electron chi connectivity index (χ1n) is 8.99. The zero-order valence-corrected chi connectivity index (χ0v) is 14.9. The van der Waals surface area contributed by atoms with Gasteiger partial charge < -0.3 is 10.2 Å². The van der Waals surface area contributed by atoms with E-state index in [0.717, 1.165) is 35.8 Å². The highest BCUT2D eigenvalue weighted by molar-refractivity contribution is 6.06. The van der Waals surface area contributed by atoms with E-state index in [9.17, 15) is 4.79 Å². The number of carbonyl (C=O) groups excluding carboxylic acids is 1. The second-order valence-electron chi connectivity index (χ2n) is 6.56. The number of hydrogen-bond acceptors (Lipinski definition) is 3. The van der Waals surface area contributed by atoms with Crippen molar-refractivity contribution in [1.82, 2.24) is 9.78 Å². The fourth-order valence-corrected chi connectivity index (χ4v) is 3.46. The minimum absolute atomic E-state index is 0.128. The Balaban J connectivity index is 1.59. The molecule has 0 saturated carbocycles. The Morgan fingerprint density at radius 1 is 1.00 bits per heavy atom. The monoisotopic (exact) mass is 346 g/mol. The first-order valence-corrected chi connectivity index (χ1v) is 8.99. The van der Waals surface area contributed by atoms with Crippen molar-refractivity contribution in [3.63, 3.8) is 0 Å². The molecule has 132 valence electrons. The quantitative estimate of drug-likeness (QED) is 0.776. The van der Waals surface area contributed by atoms with Gasteiger partial charge in [0.1, 0.15) is 0 Å². The van der Waals surface area contributed by atoms with Gasteiger partial charge in [0.15, 0.2) is 0 Å². The summed E-state index contributed by atoms with van der Waals surface area (Å²) in [5, 5.41) is 7.47. The van der Waals surface area contributed by atoms with E-state index in [1.54, 1.807) is 10.9 Å². The first kappa shape index (κ1) is 16.4. The Kier molecular flexibility index (Phi) is 4.44. The molecule has 2 aromatic carbocycles. The van der Waals surface area contributed by atoms with E-state index in [2.05, 4.69) is 21.4 Å². The van der Waals surface area contributed by atoms with Crippen molar-refractivity contribution in [3.8, 4) is 5.69 Å². The van der Waals surface area contributed by atoms with E-state index in [-0.39, 0.29) is 5.91 Å². The molecule has 1 amide bonds. The summed E-state index contributed by atoms with van der Waals surface area (Å²) >= 11 is 0. The molecule has 26 heavy (non-hydrogen) atoms. The second-order valence-corrected chi connectivity index (χ2v) is 6.56. The zero-order chi connectivity index (χ0) is 17.9. The van der Waals surface area contributed by atoms with E-state index < -0.39 is 0 Å². The maximum Gasteiger partial charge on any atom is 0.259 e. The highest BCUT2D eigenvalue weighted by Gasteiger charge is 2.19. The maximum atomic E-state index is 12.9. The predicted octanol–water partition coefficient (Wildman–Crippen LogP) is 4.03. The predicted molar refractivity (Wildman–Crippen MR) is 104 cm³/mol. The lowest BCUT2D eigenvalue weighted by molar-refractivity contribution is 0.102. The smallest absolute Gasteiger partial charge is 0.259 e. The van der Waals surface area contributed by atoms with Gasteiger partial charge in [-0.25, -0.2) is 4.68 Å². The van der Waals surface area contributed by atoms with Gasteiger partial charge in [0.05, 0.1) is 34.5 Å². The van der Waals surface area contributed by atoms with Crippen molar-refractivity contribution >= 4 is 17.3 Å². The molecule has 0 atom stereocenters. The van der Waals surface area contributed by atoms with Gasteiger partial charge in [-0.2, -0.15) is 5.10 Å². The van der Waals surface area contributed by atoms with E-state index in [1.165, 1.54) is 12.8 Å². The van der Waals surface area contributed by atoms with Crippen LogP contribution in [-0.4, -0.2) is 28.8 Å². The van der Waals surface area contributed by atoms with Gasteiger partial charge in [-0.1, -0.05) is 30.3 Å². The highest BCUT2D eigenvalue weighted by Crippen LogP contribution is 2.29. The molecule has 3 aromatic rings. The summed E-state index contributed by atoms with van der Waals surface area (Å²) in [5.41, 5.74) is 4.30. The Morgan fingerprint density at radius 3 is 2.46 bits per heavy atom. The molecule has 0 aliphatic carbocycles. The van der Waals surface area contributed by atoms with Crippen molar-refractivity contribution in [2.75, 3.05) is 23.3 Å². The summed E-state index contributed by atoms with van der Waals surface area (Å²) in [6.45, 7) is 4.00. The molecule has 1 aromatic heterocycles. The molecular weight excluding hydrogens is 324 g/mol. The van der Waals surface area contributed by atoms with Crippen LogP contribution in [0.4, 0.5) is 11.4 Å². The molecule has 1 N–H and O–H groups in total. The molecule has 1 fully saturated rings. The standard InChI is InChI=1S/C21H22N4O/c1-16-18(15-22-25(16)17-9-3-2-4-10-17)21(26)23-19-11-5-6-12-20(19)24-13-7-8-14-24/h2-6,9-12,15H,7-8,13-14H2,1H3,(H,23,26). The van der Waals surface area contributed by atoms with Crippen molar-refractivity contribution < 1.29 is 4.79 Å². The van der Waals surface area contributed by atoms with Gasteiger partial charge in [-0.3, -0.25) is 4.79 Å². The van der Waals surface area contributed by atoms with Crippen LogP contribution in [0.5, 0.6) is 0 Å². The molecular formula is C21H22N4O. The summed E-state index contributed by atoms with van der Waals surface area (Å²) < 4.78 is 1.79. The number of rotatable bonds is 4. The number of para-hydroxylation sites is 3. The Hall–Kier alpha value is -3.08. The Labute approximate surface area is 153 Å². The third-order valence-corrected chi connectivity index (χ3v) is 4.85. The number of anilines is 2. The zero-order valence-electron chi connectivity index (χ0n) is 14.9. The molecule has 0 bridgehead atoms. The lowest BCUT2D eigenvalue weighted by Gasteiger charge is -2.21. The van der Waals surface area contributed by atoms with Gasteiger partial charge in [-0.05, 0) is 44.0 Å². The summed E-state index contributed by atoms with van der Waals surface area (Å²) in [4.78, 5) is 15.2. The molecule has 0 radical (unpaired) electrons. The number of amides is 1. The average Bonchev–Trinajstić information content (AvgIpc) is 3.33. The number of hydrogen-bond donors (Lipinski definition) is 1. The SMILES string of the molecule is Cc1c(C(=O)Nc2ccccc2N2CCCC2)cnn1-c1ccccc1. The fraction of sp³-hybridized carbons (Fsp3) is 0.238.